The molecule has 0 bridgehead atoms. The first-order valence-corrected chi connectivity index (χ1v) is 16.4. The average molecular weight is 642 g/mol. The van der Waals surface area contributed by atoms with E-state index in [1.807, 2.05) is 32.1 Å². The zero-order valence-electron chi connectivity index (χ0n) is 24.5. The molecule has 0 saturated carbocycles. The molecule has 2 aromatic rings. The van der Waals surface area contributed by atoms with Crippen LogP contribution in [-0.2, 0) is 0 Å². The fraction of sp³-hybridized carbons (Fsp3) is 0.438. The number of anilines is 1. The number of hydrogen-bond acceptors (Lipinski definition) is 7. The number of rotatable bonds is 12. The van der Waals surface area contributed by atoms with Gasteiger partial charge in [0.05, 0.1) is 27.8 Å². The molecule has 0 spiro atoms. The molecule has 1 aromatic carbocycles. The molecule has 0 aliphatic carbocycles. The third-order valence-electron chi connectivity index (χ3n) is 6.89. The van der Waals surface area contributed by atoms with Gasteiger partial charge in [-0.05, 0) is 101 Å². The Bertz CT molecular complexity index is 1280. The number of nitriles is 1. The number of allylic oxidation sites excluding steroid dienone is 5. The van der Waals surface area contributed by atoms with E-state index in [9.17, 15) is 5.26 Å². The van der Waals surface area contributed by atoms with Crippen LogP contribution in [-0.4, -0.2) is 36.6 Å². The van der Waals surface area contributed by atoms with Gasteiger partial charge in [-0.25, -0.2) is 0 Å². The molecule has 2 heterocycles. The molecule has 1 fully saturated rings. The number of nitrogens with one attached hydrogen (secondary N) is 1. The Labute approximate surface area is 257 Å². The summed E-state index contributed by atoms with van der Waals surface area (Å²) in [5, 5.41) is 14.6. The van der Waals surface area contributed by atoms with Gasteiger partial charge in [0, 0.05) is 33.7 Å². The van der Waals surface area contributed by atoms with Crippen molar-refractivity contribution >= 4 is 45.1 Å². The van der Waals surface area contributed by atoms with E-state index in [1.165, 1.54) is 29.9 Å². The molecule has 0 amide bonds. The highest BCUT2D eigenvalue weighted by Crippen LogP contribution is 2.43. The maximum absolute atomic E-state index is 9.94. The number of piperidine rings is 1. The van der Waals surface area contributed by atoms with Crippen LogP contribution in [0.1, 0.15) is 64.6 Å². The van der Waals surface area contributed by atoms with Gasteiger partial charge in [-0.15, -0.1) is 0 Å². The van der Waals surface area contributed by atoms with Crippen LogP contribution < -0.4 is 10.1 Å². The summed E-state index contributed by atoms with van der Waals surface area (Å²) in [6.07, 6.45) is 10.1. The first kappa shape index (κ1) is 32.3. The smallest absolute Gasteiger partial charge is 0.119 e. The van der Waals surface area contributed by atoms with Gasteiger partial charge in [0.1, 0.15) is 11.8 Å². The summed E-state index contributed by atoms with van der Waals surface area (Å²) in [5.74, 6) is 1.49. The molecule has 1 aliphatic rings. The van der Waals surface area contributed by atoms with Gasteiger partial charge in [0.2, 0.25) is 0 Å². The van der Waals surface area contributed by atoms with Crippen LogP contribution in [0.4, 0.5) is 5.69 Å². The minimum absolute atomic E-state index is 0.588. The Morgan fingerprint density at radius 2 is 1.98 bits per heavy atom. The maximum atomic E-state index is 9.94. The second-order valence-electron chi connectivity index (χ2n) is 10.1. The zero-order valence-corrected chi connectivity index (χ0v) is 27.7. The van der Waals surface area contributed by atoms with Gasteiger partial charge >= 0.3 is 0 Å². The molecule has 8 heteroatoms. The van der Waals surface area contributed by atoms with Gasteiger partial charge < -0.3 is 15.0 Å². The monoisotopic (exact) mass is 640 g/mol. The van der Waals surface area contributed by atoms with Gasteiger partial charge in [-0.1, -0.05) is 59.4 Å². The van der Waals surface area contributed by atoms with E-state index in [2.05, 4.69) is 83.2 Å². The number of aromatic nitrogens is 1. The highest BCUT2D eigenvalue weighted by Gasteiger charge is 2.19. The van der Waals surface area contributed by atoms with Crippen molar-refractivity contribution in [3.8, 4) is 11.8 Å². The van der Waals surface area contributed by atoms with Crippen LogP contribution in [0.3, 0.4) is 0 Å². The Kier molecular flexibility index (Phi) is 13.2. The van der Waals surface area contributed by atoms with Gasteiger partial charge in [-0.2, -0.15) is 5.26 Å². The normalized spacial score (nSPS) is 17.3. The van der Waals surface area contributed by atoms with Gasteiger partial charge in [-0.3, -0.25) is 4.98 Å². The maximum Gasteiger partial charge on any atom is 0.119 e. The molecule has 0 radical (unpaired) electrons. The van der Waals surface area contributed by atoms with Crippen molar-refractivity contribution in [2.24, 2.45) is 5.92 Å². The number of thioether (sulfide) groups is 2. The second-order valence-corrected chi connectivity index (χ2v) is 13.1. The Morgan fingerprint density at radius 3 is 2.60 bits per heavy atom. The van der Waals surface area contributed by atoms with Crippen molar-refractivity contribution in [1.29, 1.82) is 5.26 Å². The number of likely N-dealkylation sites (tertiary alicyclic amines) is 1. The first-order valence-electron chi connectivity index (χ1n) is 13.9. The van der Waals surface area contributed by atoms with Crippen molar-refractivity contribution < 1.29 is 4.74 Å². The number of hydrogen-bond donors (Lipinski definition) is 1. The van der Waals surface area contributed by atoms with E-state index in [0.29, 0.717) is 11.5 Å². The van der Waals surface area contributed by atoms with Crippen molar-refractivity contribution in [3.63, 3.8) is 0 Å². The van der Waals surface area contributed by atoms with E-state index < -0.39 is 0 Å². The van der Waals surface area contributed by atoms with Crippen molar-refractivity contribution in [2.45, 2.75) is 70.1 Å². The number of ether oxygens (including phenoxy) is 1. The molecular formula is C32H41BrN4OS2. The van der Waals surface area contributed by atoms with Crippen LogP contribution in [0.2, 0.25) is 0 Å². The minimum atomic E-state index is 0.588. The third-order valence-corrected chi connectivity index (χ3v) is 10.4. The van der Waals surface area contributed by atoms with Crippen molar-refractivity contribution in [2.75, 3.05) is 32.1 Å². The van der Waals surface area contributed by atoms with Crippen LogP contribution in [0.15, 0.2) is 72.4 Å². The Morgan fingerprint density at radius 1 is 1.23 bits per heavy atom. The average Bonchev–Trinajstić information content (AvgIpc) is 2.97. The summed E-state index contributed by atoms with van der Waals surface area (Å²) < 4.78 is 7.16. The minimum Gasteiger partial charge on any atom is -0.493 e. The second kappa shape index (κ2) is 16.3. The predicted molar refractivity (Wildman–Crippen MR) is 175 cm³/mol. The molecule has 1 aromatic heterocycles. The fourth-order valence-electron chi connectivity index (χ4n) is 4.31. The summed E-state index contributed by atoms with van der Waals surface area (Å²) in [6.45, 7) is 13.5. The molecule has 40 heavy (non-hydrogen) atoms. The Balaban J connectivity index is 1.82. The van der Waals surface area contributed by atoms with E-state index in [0.717, 1.165) is 62.4 Å². The summed E-state index contributed by atoms with van der Waals surface area (Å²) in [6, 6.07) is 10.6. The quantitative estimate of drug-likeness (QED) is 0.183. The molecule has 5 nitrogen and oxygen atoms in total. The molecule has 1 N–H and O–H groups in total. The van der Waals surface area contributed by atoms with Gasteiger partial charge in [0.25, 0.3) is 0 Å². The lowest BCUT2D eigenvalue weighted by Crippen LogP contribution is -2.34. The van der Waals surface area contributed by atoms with Crippen molar-refractivity contribution in [3.05, 3.63) is 73.9 Å². The molecule has 1 saturated heterocycles. The lowest BCUT2D eigenvalue weighted by atomic mass is 10.00. The van der Waals surface area contributed by atoms with E-state index in [1.54, 1.807) is 29.7 Å². The standard InChI is InChI=1S/C32H41BrN4OS2/c1-7-22(4)32(36-27-12-14-28(15-13-27)38-21-24-11-10-16-37(6)20-24)40-30-23(5)35-19-25(18-34)31(30)39-29(9-3)17-26(33)8-2/h8,12-15,17,19,24,36H,7,9-11,16,20-21H2,1-6H3/b26-8+,29-17+,32-22?. The number of pyridine rings is 1. The number of nitrogens with zero attached hydrogens (tertiary/aromatic N) is 3. The van der Waals surface area contributed by atoms with Crippen LogP contribution >= 0.6 is 39.5 Å². The van der Waals surface area contributed by atoms with E-state index in [-0.39, 0.29) is 0 Å². The summed E-state index contributed by atoms with van der Waals surface area (Å²) >= 11 is 6.91. The van der Waals surface area contributed by atoms with Crippen LogP contribution in [0, 0.1) is 24.2 Å². The lowest BCUT2D eigenvalue weighted by Gasteiger charge is -2.29. The summed E-state index contributed by atoms with van der Waals surface area (Å²) in [4.78, 5) is 10.1. The summed E-state index contributed by atoms with van der Waals surface area (Å²) in [7, 11) is 2.19. The molecule has 1 unspecified atom stereocenters. The predicted octanol–water partition coefficient (Wildman–Crippen LogP) is 9.51. The van der Waals surface area contributed by atoms with Crippen LogP contribution in [0.5, 0.6) is 5.75 Å². The van der Waals surface area contributed by atoms with Gasteiger partial charge in [0.15, 0.2) is 0 Å². The zero-order chi connectivity index (χ0) is 29.1. The topological polar surface area (TPSA) is 61.2 Å². The highest BCUT2D eigenvalue weighted by atomic mass is 79.9. The third kappa shape index (κ3) is 9.44. The molecule has 1 atom stereocenters. The molecular weight excluding hydrogens is 600 g/mol. The fourth-order valence-corrected chi connectivity index (χ4v) is 7.12. The number of aryl methyl sites for hydroxylation is 1. The van der Waals surface area contributed by atoms with E-state index >= 15 is 0 Å². The Hall–Kier alpha value is -2.18. The SMILES string of the molecule is C/C=C(Br)\C=C(/CC)Sc1c(C#N)cnc(C)c1SC(Nc1ccc(OCC2CCCN(C)C2)cc1)=C(C)CC. The molecule has 1 aliphatic heterocycles. The van der Waals surface area contributed by atoms with Crippen LogP contribution in [0.25, 0.3) is 0 Å². The van der Waals surface area contributed by atoms with E-state index in [4.69, 9.17) is 4.74 Å². The number of benzene rings is 1. The number of halogens is 1. The highest BCUT2D eigenvalue weighted by molar-refractivity contribution is 9.11. The lowest BCUT2D eigenvalue weighted by molar-refractivity contribution is 0.150. The summed E-state index contributed by atoms with van der Waals surface area (Å²) in [5.41, 5.74) is 3.75. The largest absolute Gasteiger partial charge is 0.493 e. The molecule has 214 valence electrons. The van der Waals surface area contributed by atoms with Crippen molar-refractivity contribution in [1.82, 2.24) is 9.88 Å². The molecule has 3 rings (SSSR count). The first-order chi connectivity index (χ1) is 19.3.